The zero-order valence-corrected chi connectivity index (χ0v) is 11.5. The number of nitrogens with one attached hydrogen (secondary N) is 1. The summed E-state index contributed by atoms with van der Waals surface area (Å²) in [4.78, 5) is 0. The van der Waals surface area contributed by atoms with Crippen LogP contribution < -0.4 is 5.32 Å². The fourth-order valence-corrected chi connectivity index (χ4v) is 1.89. The van der Waals surface area contributed by atoms with Crippen LogP contribution in [0.15, 0.2) is 12.2 Å². The normalized spacial score (nSPS) is 14.8. The third kappa shape index (κ3) is 6.29. The van der Waals surface area contributed by atoms with Crippen molar-refractivity contribution in [3.63, 3.8) is 0 Å². The topological polar surface area (TPSA) is 21.3 Å². The molecule has 0 aliphatic heterocycles. The van der Waals surface area contributed by atoms with Gasteiger partial charge >= 0.3 is 0 Å². The molecule has 2 unspecified atom stereocenters. The average molecular weight is 227 g/mol. The quantitative estimate of drug-likeness (QED) is 0.577. The molecule has 1 N–H and O–H groups in total. The van der Waals surface area contributed by atoms with Crippen LogP contribution in [0, 0.1) is 0 Å². The smallest absolute Gasteiger partial charge is 0.0727 e. The number of ether oxygens (including phenoxy) is 1. The van der Waals surface area contributed by atoms with Crippen molar-refractivity contribution in [2.24, 2.45) is 0 Å². The van der Waals surface area contributed by atoms with Crippen LogP contribution in [-0.2, 0) is 4.74 Å². The van der Waals surface area contributed by atoms with Crippen molar-refractivity contribution in [1.82, 2.24) is 5.32 Å². The summed E-state index contributed by atoms with van der Waals surface area (Å²) in [6, 6.07) is 0.428. The predicted octanol–water partition coefficient (Wildman–Crippen LogP) is 3.53. The standard InChI is InChI=1S/C14H29NO/c1-6-9-14(16-5)13(15-10-7-2)11-12(4)8-3/h13-15H,4,6-11H2,1-3,5H3. The van der Waals surface area contributed by atoms with Gasteiger partial charge in [0, 0.05) is 13.2 Å². The minimum Gasteiger partial charge on any atom is -0.380 e. The van der Waals surface area contributed by atoms with Crippen LogP contribution in [0.4, 0.5) is 0 Å². The molecule has 2 heteroatoms. The van der Waals surface area contributed by atoms with Crippen LogP contribution in [0.1, 0.15) is 52.9 Å². The summed E-state index contributed by atoms with van der Waals surface area (Å²) >= 11 is 0. The average Bonchev–Trinajstić information content (AvgIpc) is 2.31. The van der Waals surface area contributed by atoms with E-state index in [1.165, 1.54) is 12.0 Å². The maximum absolute atomic E-state index is 5.59. The maximum Gasteiger partial charge on any atom is 0.0727 e. The van der Waals surface area contributed by atoms with Crippen molar-refractivity contribution in [2.45, 2.75) is 65.0 Å². The van der Waals surface area contributed by atoms with E-state index in [0.717, 1.165) is 32.2 Å². The van der Waals surface area contributed by atoms with Gasteiger partial charge in [-0.3, -0.25) is 0 Å². The van der Waals surface area contributed by atoms with Gasteiger partial charge in [-0.1, -0.05) is 39.3 Å². The molecule has 0 fully saturated rings. The Morgan fingerprint density at radius 3 is 2.38 bits per heavy atom. The van der Waals surface area contributed by atoms with Gasteiger partial charge in [0.2, 0.25) is 0 Å². The molecule has 0 heterocycles. The SMILES string of the molecule is C=C(CC)CC(NCCC)C(CCC)OC. The first-order valence-electron chi connectivity index (χ1n) is 6.62. The van der Waals surface area contributed by atoms with Gasteiger partial charge in [-0.15, -0.1) is 0 Å². The molecular weight excluding hydrogens is 198 g/mol. The van der Waals surface area contributed by atoms with Crippen molar-refractivity contribution in [2.75, 3.05) is 13.7 Å². The third-order valence-corrected chi connectivity index (χ3v) is 2.99. The first-order valence-corrected chi connectivity index (χ1v) is 6.62. The van der Waals surface area contributed by atoms with Crippen molar-refractivity contribution < 1.29 is 4.74 Å². The number of hydrogen-bond acceptors (Lipinski definition) is 2. The van der Waals surface area contributed by atoms with Crippen molar-refractivity contribution in [1.29, 1.82) is 0 Å². The van der Waals surface area contributed by atoms with Crippen LogP contribution in [0.3, 0.4) is 0 Å². The van der Waals surface area contributed by atoms with E-state index >= 15 is 0 Å². The number of methoxy groups -OCH3 is 1. The summed E-state index contributed by atoms with van der Waals surface area (Å²) < 4.78 is 5.59. The van der Waals surface area contributed by atoms with Crippen molar-refractivity contribution in [3.8, 4) is 0 Å². The molecule has 0 saturated carbocycles. The molecule has 0 spiro atoms. The van der Waals surface area contributed by atoms with E-state index in [0.29, 0.717) is 12.1 Å². The highest BCUT2D eigenvalue weighted by atomic mass is 16.5. The Bertz CT molecular complexity index is 180. The molecule has 0 aromatic heterocycles. The molecule has 0 aromatic rings. The van der Waals surface area contributed by atoms with E-state index in [9.17, 15) is 0 Å². The largest absolute Gasteiger partial charge is 0.380 e. The minimum absolute atomic E-state index is 0.319. The lowest BCUT2D eigenvalue weighted by molar-refractivity contribution is 0.0607. The Balaban J connectivity index is 4.30. The Morgan fingerprint density at radius 2 is 1.94 bits per heavy atom. The molecule has 16 heavy (non-hydrogen) atoms. The van der Waals surface area contributed by atoms with Gasteiger partial charge in [-0.2, -0.15) is 0 Å². The monoisotopic (exact) mass is 227 g/mol. The van der Waals surface area contributed by atoms with E-state index in [2.05, 4.69) is 32.7 Å². The summed E-state index contributed by atoms with van der Waals surface area (Å²) in [5.74, 6) is 0. The second-order valence-electron chi connectivity index (χ2n) is 4.43. The second kappa shape index (κ2) is 9.86. The number of rotatable bonds is 10. The first kappa shape index (κ1) is 15.7. The molecule has 0 amide bonds. The first-order chi connectivity index (χ1) is 7.69. The van der Waals surface area contributed by atoms with Gasteiger partial charge in [0.15, 0.2) is 0 Å². The Labute approximate surface area is 101 Å². The van der Waals surface area contributed by atoms with Gasteiger partial charge in [0.25, 0.3) is 0 Å². The van der Waals surface area contributed by atoms with Crippen LogP contribution >= 0.6 is 0 Å². The van der Waals surface area contributed by atoms with Crippen LogP contribution in [-0.4, -0.2) is 25.8 Å². The van der Waals surface area contributed by atoms with Gasteiger partial charge in [-0.25, -0.2) is 0 Å². The second-order valence-corrected chi connectivity index (χ2v) is 4.43. The molecule has 0 aromatic carbocycles. The van der Waals surface area contributed by atoms with Crippen LogP contribution in [0.2, 0.25) is 0 Å². The van der Waals surface area contributed by atoms with Gasteiger partial charge < -0.3 is 10.1 Å². The Hall–Kier alpha value is -0.340. The van der Waals surface area contributed by atoms with Crippen LogP contribution in [0.25, 0.3) is 0 Å². The van der Waals surface area contributed by atoms with E-state index in [4.69, 9.17) is 4.74 Å². The fraction of sp³-hybridized carbons (Fsp3) is 0.857. The lowest BCUT2D eigenvalue weighted by Crippen LogP contribution is -2.41. The van der Waals surface area contributed by atoms with E-state index in [1.54, 1.807) is 0 Å². The van der Waals surface area contributed by atoms with E-state index < -0.39 is 0 Å². The summed E-state index contributed by atoms with van der Waals surface area (Å²) in [6.45, 7) is 11.7. The molecule has 0 aliphatic carbocycles. The summed E-state index contributed by atoms with van der Waals surface area (Å²) in [6.07, 6.45) is 5.87. The molecule has 2 nitrogen and oxygen atoms in total. The Morgan fingerprint density at radius 1 is 1.25 bits per heavy atom. The Kier molecular flexibility index (Phi) is 9.65. The van der Waals surface area contributed by atoms with Crippen LogP contribution in [0.5, 0.6) is 0 Å². The lowest BCUT2D eigenvalue weighted by Gasteiger charge is -2.27. The highest BCUT2D eigenvalue weighted by Crippen LogP contribution is 2.15. The maximum atomic E-state index is 5.59. The molecule has 0 radical (unpaired) electrons. The summed E-state index contributed by atoms with van der Waals surface area (Å²) in [5.41, 5.74) is 1.31. The fourth-order valence-electron chi connectivity index (χ4n) is 1.89. The zero-order valence-electron chi connectivity index (χ0n) is 11.5. The van der Waals surface area contributed by atoms with Crippen molar-refractivity contribution in [3.05, 3.63) is 12.2 Å². The molecule has 0 aliphatic rings. The summed E-state index contributed by atoms with van der Waals surface area (Å²) in [7, 11) is 1.82. The summed E-state index contributed by atoms with van der Waals surface area (Å²) in [5, 5.41) is 3.58. The zero-order chi connectivity index (χ0) is 12.4. The molecule has 96 valence electrons. The molecule has 0 saturated heterocycles. The molecule has 0 bridgehead atoms. The van der Waals surface area contributed by atoms with Gasteiger partial charge in [0.1, 0.15) is 0 Å². The molecule has 0 rings (SSSR count). The highest BCUT2D eigenvalue weighted by Gasteiger charge is 2.20. The molecular formula is C14H29NO. The predicted molar refractivity (Wildman–Crippen MR) is 71.8 cm³/mol. The minimum atomic E-state index is 0.319. The van der Waals surface area contributed by atoms with E-state index in [-0.39, 0.29) is 0 Å². The highest BCUT2D eigenvalue weighted by molar-refractivity contribution is 4.98. The van der Waals surface area contributed by atoms with Crippen molar-refractivity contribution >= 4 is 0 Å². The lowest BCUT2D eigenvalue weighted by atomic mass is 9.97. The molecule has 2 atom stereocenters. The third-order valence-electron chi connectivity index (χ3n) is 2.99. The van der Waals surface area contributed by atoms with E-state index in [1.807, 2.05) is 7.11 Å². The van der Waals surface area contributed by atoms with Gasteiger partial charge in [-0.05, 0) is 32.2 Å². The van der Waals surface area contributed by atoms with Gasteiger partial charge in [0.05, 0.1) is 6.10 Å². The number of hydrogen-bond donors (Lipinski definition) is 1.